The molecule has 1 aliphatic heterocycles. The van der Waals surface area contributed by atoms with Gasteiger partial charge in [-0.3, -0.25) is 0 Å². The Morgan fingerprint density at radius 3 is 2.37 bits per heavy atom. The predicted octanol–water partition coefficient (Wildman–Crippen LogP) is 4.68. The Labute approximate surface area is 182 Å². The molecule has 0 radical (unpaired) electrons. The average molecular weight is 421 g/mol. The summed E-state index contributed by atoms with van der Waals surface area (Å²) in [6, 6.07) is 12.4. The molecule has 6 nitrogen and oxygen atoms in total. The Balaban J connectivity index is 1.26. The molecule has 0 N–H and O–H groups in total. The molecule has 0 amide bonds. The average Bonchev–Trinajstić information content (AvgIpc) is 3.30. The Bertz CT molecular complexity index is 974. The van der Waals surface area contributed by atoms with E-state index >= 15 is 0 Å². The zero-order valence-electron chi connectivity index (χ0n) is 17.5. The Kier molecular flexibility index (Phi) is 5.62. The number of benzene rings is 1. The van der Waals surface area contributed by atoms with Gasteiger partial charge in [-0.1, -0.05) is 60.9 Å². The van der Waals surface area contributed by atoms with Gasteiger partial charge < -0.3 is 9.80 Å². The molecule has 3 heterocycles. The summed E-state index contributed by atoms with van der Waals surface area (Å²) in [5, 5.41) is 11.4. The number of piperazine rings is 1. The van der Waals surface area contributed by atoms with Crippen molar-refractivity contribution in [3.63, 3.8) is 0 Å². The maximum Gasteiger partial charge on any atom is 0.208 e. The molecule has 2 aliphatic rings. The molecular weight excluding hydrogens is 392 g/mol. The highest BCUT2D eigenvalue weighted by atomic mass is 32.1. The number of aromatic nitrogens is 4. The van der Waals surface area contributed by atoms with Crippen molar-refractivity contribution in [2.75, 3.05) is 36.0 Å². The summed E-state index contributed by atoms with van der Waals surface area (Å²) in [4.78, 5) is 14.1. The van der Waals surface area contributed by atoms with Crippen LogP contribution >= 0.6 is 11.3 Å². The third-order valence-electron chi connectivity index (χ3n) is 6.15. The number of hydrogen-bond acceptors (Lipinski definition) is 7. The monoisotopic (exact) mass is 420 g/mol. The van der Waals surface area contributed by atoms with Crippen LogP contribution < -0.4 is 9.80 Å². The van der Waals surface area contributed by atoms with Crippen molar-refractivity contribution >= 4 is 22.3 Å². The fourth-order valence-corrected chi connectivity index (χ4v) is 5.53. The van der Waals surface area contributed by atoms with E-state index in [1.165, 1.54) is 37.1 Å². The number of rotatable bonds is 4. The Hall–Kier alpha value is -2.54. The minimum atomic E-state index is 0.631. The highest BCUT2D eigenvalue weighted by Gasteiger charge is 2.24. The van der Waals surface area contributed by atoms with E-state index < -0.39 is 0 Å². The topological polar surface area (TPSA) is 58.0 Å². The van der Waals surface area contributed by atoms with Gasteiger partial charge in [-0.05, 0) is 19.8 Å². The smallest absolute Gasteiger partial charge is 0.208 e. The minimum absolute atomic E-state index is 0.631. The van der Waals surface area contributed by atoms with Gasteiger partial charge in [0.15, 0.2) is 0 Å². The van der Waals surface area contributed by atoms with E-state index in [2.05, 4.69) is 55.3 Å². The van der Waals surface area contributed by atoms with E-state index in [1.807, 2.05) is 13.0 Å². The number of hydrogen-bond donors (Lipinski definition) is 0. The Morgan fingerprint density at radius 2 is 1.60 bits per heavy atom. The van der Waals surface area contributed by atoms with Crippen LogP contribution in [0.2, 0.25) is 0 Å². The van der Waals surface area contributed by atoms with Crippen LogP contribution in [0, 0.1) is 6.92 Å². The van der Waals surface area contributed by atoms with Gasteiger partial charge in [-0.25, -0.2) is 9.97 Å². The molecular formula is C23H28N6S. The van der Waals surface area contributed by atoms with Gasteiger partial charge in [0.05, 0.1) is 5.69 Å². The molecule has 0 atom stereocenters. The van der Waals surface area contributed by atoms with E-state index in [1.54, 1.807) is 11.3 Å². The molecule has 2 fully saturated rings. The highest BCUT2D eigenvalue weighted by Crippen LogP contribution is 2.36. The molecule has 1 saturated carbocycles. The Morgan fingerprint density at radius 1 is 0.867 bits per heavy atom. The zero-order chi connectivity index (χ0) is 20.3. The fourth-order valence-electron chi connectivity index (χ4n) is 4.47. The lowest BCUT2D eigenvalue weighted by Crippen LogP contribution is -2.46. The molecule has 3 aromatic rings. The summed E-state index contributed by atoms with van der Waals surface area (Å²) in [5.41, 5.74) is 2.12. The van der Waals surface area contributed by atoms with Crippen LogP contribution in [-0.2, 0) is 0 Å². The summed E-state index contributed by atoms with van der Waals surface area (Å²) < 4.78 is 0. The molecule has 30 heavy (non-hydrogen) atoms. The van der Waals surface area contributed by atoms with Crippen LogP contribution in [0.15, 0.2) is 36.4 Å². The van der Waals surface area contributed by atoms with E-state index in [9.17, 15) is 0 Å². The van der Waals surface area contributed by atoms with Gasteiger partial charge in [0, 0.05) is 43.7 Å². The molecule has 0 bridgehead atoms. The third-order valence-corrected chi connectivity index (χ3v) is 7.30. The van der Waals surface area contributed by atoms with Crippen molar-refractivity contribution in [1.82, 2.24) is 20.2 Å². The predicted molar refractivity (Wildman–Crippen MR) is 122 cm³/mol. The maximum atomic E-state index is 4.72. The van der Waals surface area contributed by atoms with Gasteiger partial charge in [0.1, 0.15) is 16.6 Å². The zero-order valence-corrected chi connectivity index (χ0v) is 18.3. The lowest BCUT2D eigenvalue weighted by atomic mass is 9.90. The van der Waals surface area contributed by atoms with Gasteiger partial charge in [0.2, 0.25) is 5.13 Å². The van der Waals surface area contributed by atoms with Crippen LogP contribution in [0.5, 0.6) is 0 Å². The first-order valence-electron chi connectivity index (χ1n) is 11.0. The lowest BCUT2D eigenvalue weighted by Gasteiger charge is -2.35. The van der Waals surface area contributed by atoms with Crippen molar-refractivity contribution in [3.8, 4) is 11.3 Å². The van der Waals surface area contributed by atoms with Gasteiger partial charge in [0.25, 0.3) is 0 Å². The van der Waals surface area contributed by atoms with Crippen LogP contribution in [0.4, 0.5) is 10.9 Å². The van der Waals surface area contributed by atoms with Crippen molar-refractivity contribution in [2.24, 2.45) is 0 Å². The van der Waals surface area contributed by atoms with Crippen molar-refractivity contribution in [2.45, 2.75) is 44.9 Å². The summed E-state index contributed by atoms with van der Waals surface area (Å²) in [7, 11) is 0. The molecule has 2 aromatic heterocycles. The molecule has 7 heteroatoms. The van der Waals surface area contributed by atoms with E-state index in [4.69, 9.17) is 4.98 Å². The normalized spacial score (nSPS) is 18.0. The van der Waals surface area contributed by atoms with Gasteiger partial charge in [-0.15, -0.1) is 10.2 Å². The van der Waals surface area contributed by atoms with Gasteiger partial charge in [-0.2, -0.15) is 0 Å². The quantitative estimate of drug-likeness (QED) is 0.611. The summed E-state index contributed by atoms with van der Waals surface area (Å²) in [5.74, 6) is 2.46. The molecule has 1 aromatic carbocycles. The van der Waals surface area contributed by atoms with Crippen LogP contribution in [0.25, 0.3) is 11.3 Å². The maximum absolute atomic E-state index is 4.72. The van der Waals surface area contributed by atoms with Crippen LogP contribution in [0.3, 0.4) is 0 Å². The summed E-state index contributed by atoms with van der Waals surface area (Å²) in [6.07, 6.45) is 6.60. The second kappa shape index (κ2) is 8.68. The second-order valence-corrected chi connectivity index (χ2v) is 9.24. The van der Waals surface area contributed by atoms with E-state index in [0.29, 0.717) is 5.92 Å². The first-order chi connectivity index (χ1) is 14.8. The summed E-state index contributed by atoms with van der Waals surface area (Å²) >= 11 is 1.80. The lowest BCUT2D eigenvalue weighted by molar-refractivity contribution is 0.440. The fraction of sp³-hybridized carbons (Fsp3) is 0.478. The van der Waals surface area contributed by atoms with E-state index in [0.717, 1.165) is 54.2 Å². The number of aryl methyl sites for hydroxylation is 1. The standard InChI is InChI=1S/C23H28N6S/c1-17-24-20(18-8-4-2-5-9-18)16-21(25-17)28-12-14-29(15-13-28)23-27-26-22(30-23)19-10-6-3-7-11-19/h2,4-5,8-9,16,19H,3,6-7,10-15H2,1H3. The van der Waals surface area contributed by atoms with Crippen molar-refractivity contribution in [3.05, 3.63) is 47.2 Å². The minimum Gasteiger partial charge on any atom is -0.353 e. The highest BCUT2D eigenvalue weighted by molar-refractivity contribution is 7.15. The molecule has 5 rings (SSSR count). The molecule has 156 valence electrons. The largest absolute Gasteiger partial charge is 0.353 e. The van der Waals surface area contributed by atoms with Crippen LogP contribution in [0.1, 0.15) is 48.9 Å². The SMILES string of the molecule is Cc1nc(-c2ccccc2)cc(N2CCN(c3nnc(C4CCCCC4)s3)CC2)n1. The van der Waals surface area contributed by atoms with E-state index in [-0.39, 0.29) is 0 Å². The molecule has 1 saturated heterocycles. The molecule has 0 spiro atoms. The first kappa shape index (κ1) is 19.4. The second-order valence-electron chi connectivity index (χ2n) is 8.26. The first-order valence-corrected chi connectivity index (χ1v) is 11.8. The van der Waals surface area contributed by atoms with Crippen molar-refractivity contribution in [1.29, 1.82) is 0 Å². The number of nitrogens with zero attached hydrogens (tertiary/aromatic N) is 6. The van der Waals surface area contributed by atoms with Crippen LogP contribution in [-0.4, -0.2) is 46.3 Å². The summed E-state index contributed by atoms with van der Waals surface area (Å²) in [6.45, 7) is 5.73. The van der Waals surface area contributed by atoms with Gasteiger partial charge >= 0.3 is 0 Å². The molecule has 1 aliphatic carbocycles. The third kappa shape index (κ3) is 4.17. The number of anilines is 2. The van der Waals surface area contributed by atoms with Crippen molar-refractivity contribution < 1.29 is 0 Å². The molecule has 0 unspecified atom stereocenters.